The number of rotatable bonds is 8. The standard InChI is InChI=1S/C19H22FNO4/c1-21(9-14-6-7-18-19(8-14)25-13-24-18)10-16(22)12-23-11-15-4-2-3-5-17(15)20/h2-8,16,22H,9-13H2,1H3/t16-/m1/s1. The van der Waals surface area contributed by atoms with Crippen molar-refractivity contribution in [2.24, 2.45) is 0 Å². The van der Waals surface area contributed by atoms with E-state index in [1.807, 2.05) is 30.1 Å². The third-order valence-electron chi connectivity index (χ3n) is 3.94. The monoisotopic (exact) mass is 347 g/mol. The Balaban J connectivity index is 1.41. The molecule has 0 saturated carbocycles. The molecule has 0 saturated heterocycles. The summed E-state index contributed by atoms with van der Waals surface area (Å²) < 4.78 is 29.6. The molecule has 0 amide bonds. The second-order valence-electron chi connectivity index (χ2n) is 6.14. The first-order valence-electron chi connectivity index (χ1n) is 8.18. The van der Waals surface area contributed by atoms with Crippen LogP contribution in [0.15, 0.2) is 42.5 Å². The lowest BCUT2D eigenvalue weighted by atomic mass is 10.2. The Hall–Kier alpha value is -2.15. The lowest BCUT2D eigenvalue weighted by molar-refractivity contribution is 0.0119. The Kier molecular flexibility index (Phi) is 5.86. The molecular weight excluding hydrogens is 325 g/mol. The van der Waals surface area contributed by atoms with E-state index in [0.29, 0.717) is 18.7 Å². The molecule has 1 aliphatic rings. The highest BCUT2D eigenvalue weighted by atomic mass is 19.1. The van der Waals surface area contributed by atoms with Gasteiger partial charge in [0.2, 0.25) is 6.79 Å². The fourth-order valence-electron chi connectivity index (χ4n) is 2.75. The van der Waals surface area contributed by atoms with Gasteiger partial charge in [-0.15, -0.1) is 0 Å². The van der Waals surface area contributed by atoms with Crippen LogP contribution < -0.4 is 9.47 Å². The first kappa shape index (κ1) is 17.7. The highest BCUT2D eigenvalue weighted by molar-refractivity contribution is 5.44. The molecule has 2 aromatic rings. The van der Waals surface area contributed by atoms with Gasteiger partial charge in [0.15, 0.2) is 11.5 Å². The van der Waals surface area contributed by atoms with Crippen molar-refractivity contribution in [2.75, 3.05) is 27.0 Å². The maximum absolute atomic E-state index is 13.5. The molecule has 0 unspecified atom stereocenters. The van der Waals surface area contributed by atoms with Crippen molar-refractivity contribution >= 4 is 0 Å². The minimum Gasteiger partial charge on any atom is -0.454 e. The molecule has 25 heavy (non-hydrogen) atoms. The van der Waals surface area contributed by atoms with Crippen molar-refractivity contribution in [3.8, 4) is 11.5 Å². The normalized spacial score (nSPS) is 14.1. The van der Waals surface area contributed by atoms with E-state index in [-0.39, 0.29) is 25.8 Å². The molecule has 1 heterocycles. The summed E-state index contributed by atoms with van der Waals surface area (Å²) in [7, 11) is 1.92. The molecule has 1 atom stereocenters. The van der Waals surface area contributed by atoms with E-state index in [2.05, 4.69) is 0 Å². The van der Waals surface area contributed by atoms with E-state index in [1.54, 1.807) is 18.2 Å². The quantitative estimate of drug-likeness (QED) is 0.795. The molecule has 0 aromatic heterocycles. The van der Waals surface area contributed by atoms with Crippen molar-refractivity contribution in [3.63, 3.8) is 0 Å². The number of aliphatic hydroxyl groups is 1. The summed E-state index contributed by atoms with van der Waals surface area (Å²) >= 11 is 0. The van der Waals surface area contributed by atoms with Crippen molar-refractivity contribution in [1.29, 1.82) is 0 Å². The number of benzene rings is 2. The summed E-state index contributed by atoms with van der Waals surface area (Å²) in [6.07, 6.45) is -0.647. The van der Waals surface area contributed by atoms with Gasteiger partial charge in [0.1, 0.15) is 5.82 Å². The summed E-state index contributed by atoms with van der Waals surface area (Å²) in [6, 6.07) is 12.3. The van der Waals surface area contributed by atoms with Crippen LogP contribution in [-0.4, -0.2) is 43.1 Å². The van der Waals surface area contributed by atoms with Crippen LogP contribution in [0.1, 0.15) is 11.1 Å². The van der Waals surface area contributed by atoms with Gasteiger partial charge in [-0.25, -0.2) is 4.39 Å². The van der Waals surface area contributed by atoms with Gasteiger partial charge >= 0.3 is 0 Å². The Labute approximate surface area is 146 Å². The summed E-state index contributed by atoms with van der Waals surface area (Å²) in [5.41, 5.74) is 1.56. The van der Waals surface area contributed by atoms with Gasteiger partial charge in [-0.3, -0.25) is 4.90 Å². The van der Waals surface area contributed by atoms with Crippen LogP contribution in [0.25, 0.3) is 0 Å². The zero-order chi connectivity index (χ0) is 17.6. The molecule has 0 fully saturated rings. The number of nitrogens with zero attached hydrogens (tertiary/aromatic N) is 1. The summed E-state index contributed by atoms with van der Waals surface area (Å²) in [4.78, 5) is 1.99. The van der Waals surface area contributed by atoms with Crippen molar-refractivity contribution in [2.45, 2.75) is 19.3 Å². The van der Waals surface area contributed by atoms with Crippen LogP contribution in [0.4, 0.5) is 4.39 Å². The fourth-order valence-corrected chi connectivity index (χ4v) is 2.75. The Morgan fingerprint density at radius 3 is 2.84 bits per heavy atom. The minimum absolute atomic E-state index is 0.148. The lowest BCUT2D eigenvalue weighted by Crippen LogP contribution is -2.31. The Morgan fingerprint density at radius 1 is 1.20 bits per heavy atom. The Morgan fingerprint density at radius 2 is 2.00 bits per heavy atom. The minimum atomic E-state index is -0.647. The van der Waals surface area contributed by atoms with E-state index in [9.17, 15) is 9.50 Å². The molecule has 2 aromatic carbocycles. The highest BCUT2D eigenvalue weighted by Crippen LogP contribution is 2.32. The van der Waals surface area contributed by atoms with Crippen molar-refractivity contribution < 1.29 is 23.7 Å². The molecule has 0 bridgehead atoms. The van der Waals surface area contributed by atoms with Gasteiger partial charge in [-0.1, -0.05) is 24.3 Å². The first-order valence-corrected chi connectivity index (χ1v) is 8.18. The van der Waals surface area contributed by atoms with Crippen molar-refractivity contribution in [1.82, 2.24) is 4.90 Å². The summed E-state index contributed by atoms with van der Waals surface area (Å²) in [5, 5.41) is 10.1. The van der Waals surface area contributed by atoms with E-state index in [0.717, 1.165) is 17.1 Å². The Bertz CT molecular complexity index is 710. The zero-order valence-electron chi connectivity index (χ0n) is 14.2. The van der Waals surface area contributed by atoms with Crippen LogP contribution >= 0.6 is 0 Å². The third-order valence-corrected chi connectivity index (χ3v) is 3.94. The molecule has 134 valence electrons. The molecule has 0 spiro atoms. The number of halogens is 1. The van der Waals surface area contributed by atoms with Crippen LogP contribution in [0.2, 0.25) is 0 Å². The summed E-state index contributed by atoms with van der Waals surface area (Å²) in [5.74, 6) is 1.21. The maximum atomic E-state index is 13.5. The fraction of sp³-hybridized carbons (Fsp3) is 0.368. The van der Waals surface area contributed by atoms with E-state index >= 15 is 0 Å². The predicted octanol–water partition coefficient (Wildman–Crippen LogP) is 2.56. The number of ether oxygens (including phenoxy) is 3. The number of hydrogen-bond donors (Lipinski definition) is 1. The number of aliphatic hydroxyl groups excluding tert-OH is 1. The molecule has 0 aliphatic carbocycles. The van der Waals surface area contributed by atoms with Gasteiger partial charge in [0, 0.05) is 18.7 Å². The lowest BCUT2D eigenvalue weighted by Gasteiger charge is -2.20. The second kappa shape index (κ2) is 8.29. The largest absolute Gasteiger partial charge is 0.454 e. The molecule has 1 aliphatic heterocycles. The van der Waals surface area contributed by atoms with Gasteiger partial charge in [0.25, 0.3) is 0 Å². The number of fused-ring (bicyclic) bond motifs is 1. The SMILES string of the molecule is CN(Cc1ccc2c(c1)OCO2)C[C@@H](O)COCc1ccccc1F. The third kappa shape index (κ3) is 4.92. The van der Waals surface area contributed by atoms with Gasteiger partial charge in [-0.2, -0.15) is 0 Å². The van der Waals surface area contributed by atoms with Crippen LogP contribution in [0.3, 0.4) is 0 Å². The van der Waals surface area contributed by atoms with Gasteiger partial charge in [-0.05, 0) is 30.8 Å². The average molecular weight is 347 g/mol. The van der Waals surface area contributed by atoms with Gasteiger partial charge in [0.05, 0.1) is 19.3 Å². The topological polar surface area (TPSA) is 51.2 Å². The number of likely N-dealkylation sites (N-methyl/N-ethyl adjacent to an activating group) is 1. The second-order valence-corrected chi connectivity index (χ2v) is 6.14. The van der Waals surface area contributed by atoms with E-state index in [4.69, 9.17) is 14.2 Å². The summed E-state index contributed by atoms with van der Waals surface area (Å²) in [6.45, 7) is 1.68. The molecule has 0 radical (unpaired) electrons. The zero-order valence-corrected chi connectivity index (χ0v) is 14.2. The molecule has 3 rings (SSSR count). The predicted molar refractivity (Wildman–Crippen MR) is 91.0 cm³/mol. The molecule has 6 heteroatoms. The van der Waals surface area contributed by atoms with Gasteiger partial charge < -0.3 is 19.3 Å². The van der Waals surface area contributed by atoms with Crippen molar-refractivity contribution in [3.05, 3.63) is 59.4 Å². The van der Waals surface area contributed by atoms with Crippen LogP contribution in [0.5, 0.6) is 11.5 Å². The molecule has 1 N–H and O–H groups in total. The first-order chi connectivity index (χ1) is 12.1. The number of hydrogen-bond acceptors (Lipinski definition) is 5. The maximum Gasteiger partial charge on any atom is 0.231 e. The smallest absolute Gasteiger partial charge is 0.231 e. The van der Waals surface area contributed by atoms with E-state index in [1.165, 1.54) is 6.07 Å². The average Bonchev–Trinajstić information content (AvgIpc) is 3.04. The molecule has 5 nitrogen and oxygen atoms in total. The van der Waals surface area contributed by atoms with E-state index < -0.39 is 6.10 Å². The molecular formula is C19H22FNO4. The van der Waals surface area contributed by atoms with Crippen LogP contribution in [0, 0.1) is 5.82 Å². The highest BCUT2D eigenvalue weighted by Gasteiger charge is 2.15. The van der Waals surface area contributed by atoms with Crippen LogP contribution in [-0.2, 0) is 17.9 Å².